The van der Waals surface area contributed by atoms with Crippen molar-refractivity contribution in [2.45, 2.75) is 32.7 Å². The van der Waals surface area contributed by atoms with Crippen LogP contribution in [0.25, 0.3) is 0 Å². The van der Waals surface area contributed by atoms with Crippen molar-refractivity contribution in [2.24, 2.45) is 13.0 Å². The van der Waals surface area contributed by atoms with Crippen LogP contribution in [0, 0.1) is 12.8 Å². The van der Waals surface area contributed by atoms with E-state index in [4.69, 9.17) is 0 Å². The Morgan fingerprint density at radius 3 is 2.73 bits per heavy atom. The highest BCUT2D eigenvalue weighted by molar-refractivity contribution is 5.91. The summed E-state index contributed by atoms with van der Waals surface area (Å²) in [7, 11) is 1.92. The van der Waals surface area contributed by atoms with Gasteiger partial charge in [-0.3, -0.25) is 14.6 Å². The third-order valence-electron chi connectivity index (χ3n) is 4.83. The number of likely N-dealkylation sites (tertiary alicyclic amines) is 1. The molecule has 2 aromatic heterocycles. The van der Waals surface area contributed by atoms with Gasteiger partial charge in [0.2, 0.25) is 5.91 Å². The molecule has 8 nitrogen and oxygen atoms in total. The summed E-state index contributed by atoms with van der Waals surface area (Å²) in [5, 5.41) is 2.94. The number of hydrogen-bond acceptors (Lipinski definition) is 5. The molecule has 0 spiro atoms. The lowest BCUT2D eigenvalue weighted by Crippen LogP contribution is -2.47. The average Bonchev–Trinajstić information content (AvgIpc) is 3.06. The number of carbonyl (C=O) groups excluding carboxylic acids is 2. The lowest BCUT2D eigenvalue weighted by atomic mass is 9.87. The van der Waals surface area contributed by atoms with Crippen LogP contribution < -0.4 is 5.32 Å². The van der Waals surface area contributed by atoms with E-state index in [0.29, 0.717) is 31.6 Å². The van der Waals surface area contributed by atoms with Crippen LogP contribution in [-0.4, -0.2) is 49.3 Å². The number of piperidine rings is 1. The van der Waals surface area contributed by atoms with E-state index >= 15 is 0 Å². The van der Waals surface area contributed by atoms with E-state index in [0.717, 1.165) is 11.5 Å². The second kappa shape index (κ2) is 7.63. The first kappa shape index (κ1) is 18.0. The van der Waals surface area contributed by atoms with Gasteiger partial charge in [0.15, 0.2) is 0 Å². The summed E-state index contributed by atoms with van der Waals surface area (Å²) < 4.78 is 1.94. The lowest BCUT2D eigenvalue weighted by molar-refractivity contribution is -0.139. The summed E-state index contributed by atoms with van der Waals surface area (Å²) in [4.78, 5) is 39.2. The van der Waals surface area contributed by atoms with Crippen LogP contribution in [0.1, 0.15) is 47.8 Å². The van der Waals surface area contributed by atoms with Gasteiger partial charge in [-0.15, -0.1) is 0 Å². The van der Waals surface area contributed by atoms with Gasteiger partial charge < -0.3 is 14.8 Å². The van der Waals surface area contributed by atoms with E-state index in [1.807, 2.05) is 36.6 Å². The van der Waals surface area contributed by atoms with Crippen LogP contribution in [0.15, 0.2) is 24.8 Å². The predicted molar refractivity (Wildman–Crippen MR) is 95.2 cm³/mol. The minimum absolute atomic E-state index is 0.0936. The summed E-state index contributed by atoms with van der Waals surface area (Å²) >= 11 is 0. The zero-order valence-electron chi connectivity index (χ0n) is 15.3. The fourth-order valence-electron chi connectivity index (χ4n) is 3.44. The Bertz CT molecular complexity index is 785. The molecular formula is C18H24N6O2. The quantitative estimate of drug-likeness (QED) is 0.870. The Labute approximate surface area is 152 Å². The van der Waals surface area contributed by atoms with Crippen molar-refractivity contribution in [3.63, 3.8) is 0 Å². The Kier molecular flexibility index (Phi) is 5.29. The molecule has 1 aliphatic rings. The van der Waals surface area contributed by atoms with Crippen molar-refractivity contribution < 1.29 is 9.59 Å². The molecule has 0 bridgehead atoms. The molecule has 0 aliphatic carbocycles. The largest absolute Gasteiger partial charge is 0.350 e. The lowest BCUT2D eigenvalue weighted by Gasteiger charge is -2.40. The number of nitrogens with zero attached hydrogens (tertiary/aromatic N) is 5. The van der Waals surface area contributed by atoms with Gasteiger partial charge in [-0.25, -0.2) is 9.97 Å². The van der Waals surface area contributed by atoms with E-state index in [-0.39, 0.29) is 23.8 Å². The van der Waals surface area contributed by atoms with Crippen LogP contribution in [-0.2, 0) is 11.8 Å². The Morgan fingerprint density at radius 2 is 2.12 bits per heavy atom. The molecule has 1 saturated heterocycles. The van der Waals surface area contributed by atoms with Crippen molar-refractivity contribution in [3.8, 4) is 0 Å². The number of rotatable bonds is 5. The molecule has 2 aromatic rings. The van der Waals surface area contributed by atoms with E-state index in [2.05, 4.69) is 20.3 Å². The number of carbonyl (C=O) groups is 2. The van der Waals surface area contributed by atoms with Crippen LogP contribution in [0.5, 0.6) is 0 Å². The highest BCUT2D eigenvalue weighted by Gasteiger charge is 2.38. The Morgan fingerprint density at radius 1 is 1.31 bits per heavy atom. The molecule has 0 aromatic carbocycles. The third kappa shape index (κ3) is 3.58. The van der Waals surface area contributed by atoms with E-state index in [1.165, 1.54) is 6.20 Å². The van der Waals surface area contributed by atoms with Crippen molar-refractivity contribution in [1.29, 1.82) is 0 Å². The molecule has 138 valence electrons. The normalized spacial score (nSPS) is 20.3. The maximum atomic E-state index is 12.4. The third-order valence-corrected chi connectivity index (χ3v) is 4.83. The summed E-state index contributed by atoms with van der Waals surface area (Å²) in [6.45, 7) is 4.86. The molecule has 1 N–H and O–H groups in total. The molecule has 2 amide bonds. The minimum atomic E-state index is -0.254. The molecule has 1 fully saturated rings. The second-order valence-corrected chi connectivity index (χ2v) is 6.57. The molecule has 0 radical (unpaired) electrons. The number of aromatic nitrogens is 4. The van der Waals surface area contributed by atoms with Gasteiger partial charge in [-0.05, 0) is 20.3 Å². The number of nitrogens with one attached hydrogen (secondary N) is 1. The molecule has 3 heterocycles. The molecule has 26 heavy (non-hydrogen) atoms. The maximum Gasteiger partial charge on any atom is 0.271 e. The highest BCUT2D eigenvalue weighted by Crippen LogP contribution is 2.35. The Hall–Kier alpha value is -2.77. The molecular weight excluding hydrogens is 332 g/mol. The van der Waals surface area contributed by atoms with Crippen LogP contribution >= 0.6 is 0 Å². The van der Waals surface area contributed by atoms with Gasteiger partial charge in [0.05, 0.1) is 17.9 Å². The van der Waals surface area contributed by atoms with Crippen molar-refractivity contribution in [1.82, 2.24) is 29.7 Å². The summed E-state index contributed by atoms with van der Waals surface area (Å²) in [5.41, 5.74) is 1.06. The van der Waals surface area contributed by atoms with Gasteiger partial charge in [0, 0.05) is 51.1 Å². The molecule has 0 unspecified atom stereocenters. The van der Waals surface area contributed by atoms with Crippen molar-refractivity contribution in [3.05, 3.63) is 42.0 Å². The van der Waals surface area contributed by atoms with Gasteiger partial charge in [0.1, 0.15) is 11.5 Å². The second-order valence-electron chi connectivity index (χ2n) is 6.57. The fraction of sp³-hybridized carbons (Fsp3) is 0.500. The van der Waals surface area contributed by atoms with Gasteiger partial charge in [-0.1, -0.05) is 0 Å². The predicted octanol–water partition coefficient (Wildman–Crippen LogP) is 1.25. The zero-order chi connectivity index (χ0) is 18.7. The average molecular weight is 356 g/mol. The fourth-order valence-corrected chi connectivity index (χ4v) is 3.44. The zero-order valence-corrected chi connectivity index (χ0v) is 15.3. The topological polar surface area (TPSA) is 93.0 Å². The summed E-state index contributed by atoms with van der Waals surface area (Å²) in [5.74, 6) is 0.814. The summed E-state index contributed by atoms with van der Waals surface area (Å²) in [6, 6.07) is -0.148. The van der Waals surface area contributed by atoms with Crippen LogP contribution in [0.3, 0.4) is 0 Å². The SMILES string of the molecule is CCN1C(=O)CC[C@H](CNC(=O)c2cnc(C)cn2)[C@H]1c1nccn1C. The first-order valence-corrected chi connectivity index (χ1v) is 8.84. The minimum Gasteiger partial charge on any atom is -0.350 e. The van der Waals surface area contributed by atoms with Gasteiger partial charge in [-0.2, -0.15) is 0 Å². The first-order valence-electron chi connectivity index (χ1n) is 8.84. The molecule has 0 saturated carbocycles. The summed E-state index contributed by atoms with van der Waals surface area (Å²) in [6.07, 6.45) is 7.86. The van der Waals surface area contributed by atoms with Gasteiger partial charge >= 0.3 is 0 Å². The smallest absolute Gasteiger partial charge is 0.271 e. The molecule has 2 atom stereocenters. The van der Waals surface area contributed by atoms with E-state index in [1.54, 1.807) is 12.4 Å². The number of hydrogen-bond donors (Lipinski definition) is 1. The standard InChI is InChI=1S/C18H24N6O2/c1-4-24-15(25)6-5-13(16(24)17-19-7-8-23(17)3)10-22-18(26)14-11-20-12(2)9-21-14/h7-9,11,13,16H,4-6,10H2,1-3H3,(H,22,26)/t13-,16+/m1/s1. The number of amides is 2. The van der Waals surface area contributed by atoms with Gasteiger partial charge in [0.25, 0.3) is 5.91 Å². The van der Waals surface area contributed by atoms with Crippen LogP contribution in [0.4, 0.5) is 0 Å². The number of aryl methyl sites for hydroxylation is 2. The number of imidazole rings is 1. The van der Waals surface area contributed by atoms with Crippen molar-refractivity contribution in [2.75, 3.05) is 13.1 Å². The monoisotopic (exact) mass is 356 g/mol. The highest BCUT2D eigenvalue weighted by atomic mass is 16.2. The van der Waals surface area contributed by atoms with Crippen LogP contribution in [0.2, 0.25) is 0 Å². The molecule has 1 aliphatic heterocycles. The molecule has 3 rings (SSSR count). The Balaban J connectivity index is 1.76. The van der Waals surface area contributed by atoms with E-state index in [9.17, 15) is 9.59 Å². The van der Waals surface area contributed by atoms with E-state index < -0.39 is 0 Å². The van der Waals surface area contributed by atoms with Crippen molar-refractivity contribution >= 4 is 11.8 Å². The first-order chi connectivity index (χ1) is 12.5. The maximum absolute atomic E-state index is 12.4. The molecule has 8 heteroatoms.